The van der Waals surface area contributed by atoms with E-state index in [9.17, 15) is 13.6 Å². The van der Waals surface area contributed by atoms with Crippen molar-refractivity contribution in [3.63, 3.8) is 0 Å². The zero-order valence-corrected chi connectivity index (χ0v) is 8.97. The van der Waals surface area contributed by atoms with Crippen molar-refractivity contribution in [2.75, 3.05) is 0 Å². The van der Waals surface area contributed by atoms with Crippen LogP contribution < -0.4 is 0 Å². The quantitative estimate of drug-likeness (QED) is 0.871. The molecule has 1 aromatic carbocycles. The maximum Gasteiger partial charge on any atom is 0.375 e. The van der Waals surface area contributed by atoms with E-state index in [0.29, 0.717) is 17.0 Å². The molecule has 0 radical (unpaired) electrons. The molecule has 1 aromatic rings. The minimum absolute atomic E-state index is 0.148. The Kier molecular flexibility index (Phi) is 2.62. The van der Waals surface area contributed by atoms with Crippen LogP contribution in [0.15, 0.2) is 18.2 Å². The van der Waals surface area contributed by atoms with Gasteiger partial charge >= 0.3 is 11.9 Å². The largest absolute Gasteiger partial charge is 0.477 e. The first-order valence-electron chi connectivity index (χ1n) is 4.82. The van der Waals surface area contributed by atoms with Gasteiger partial charge in [0, 0.05) is 5.02 Å². The van der Waals surface area contributed by atoms with Crippen LogP contribution in [-0.4, -0.2) is 17.0 Å². The van der Waals surface area contributed by atoms with Gasteiger partial charge in [0.15, 0.2) is 0 Å². The number of carboxylic acids is 1. The molecule has 0 heterocycles. The predicted octanol–water partition coefficient (Wildman–Crippen LogP) is 3.09. The molecule has 0 aliphatic heterocycles. The van der Waals surface area contributed by atoms with Crippen LogP contribution >= 0.6 is 11.6 Å². The maximum atomic E-state index is 13.4. The summed E-state index contributed by atoms with van der Waals surface area (Å²) in [5.74, 6) is -7.07. The average Bonchev–Trinajstić information content (AvgIpc) is 2.60. The minimum atomic E-state index is -3.73. The van der Waals surface area contributed by atoms with Crippen molar-refractivity contribution in [3.8, 4) is 0 Å². The number of hydrogen-bond acceptors (Lipinski definition) is 1. The van der Waals surface area contributed by atoms with Crippen LogP contribution in [0, 0.1) is 0 Å². The summed E-state index contributed by atoms with van der Waals surface area (Å²) in [6, 6.07) is 4.74. The van der Waals surface area contributed by atoms with Gasteiger partial charge in [0.2, 0.25) is 0 Å². The molecule has 2 nitrogen and oxygen atoms in total. The van der Waals surface area contributed by atoms with E-state index in [1.807, 2.05) is 0 Å². The number of aryl methyl sites for hydroxylation is 1. The molecule has 0 aromatic heterocycles. The third kappa shape index (κ3) is 1.67. The molecule has 1 atom stereocenters. The molecule has 1 N–H and O–H groups in total. The fraction of sp³-hybridized carbons (Fsp3) is 0.364. The normalized spacial score (nSPS) is 19.6. The van der Waals surface area contributed by atoms with E-state index in [1.54, 1.807) is 12.1 Å². The Bertz CT molecular complexity index is 446. The van der Waals surface area contributed by atoms with Gasteiger partial charge in [-0.05, 0) is 36.1 Å². The monoisotopic (exact) mass is 246 g/mol. The second kappa shape index (κ2) is 3.70. The van der Waals surface area contributed by atoms with Gasteiger partial charge in [-0.3, -0.25) is 0 Å². The summed E-state index contributed by atoms with van der Waals surface area (Å²) in [5.41, 5.74) is 1.12. The molecule has 0 amide bonds. The van der Waals surface area contributed by atoms with Crippen LogP contribution in [-0.2, 0) is 11.2 Å². The smallest absolute Gasteiger partial charge is 0.375 e. The number of hydrogen-bond donors (Lipinski definition) is 1. The summed E-state index contributed by atoms with van der Waals surface area (Å²) in [4.78, 5) is 10.5. The van der Waals surface area contributed by atoms with Crippen molar-refractivity contribution in [2.24, 2.45) is 0 Å². The minimum Gasteiger partial charge on any atom is -0.477 e. The molecule has 5 heteroatoms. The Balaban J connectivity index is 2.43. The summed E-state index contributed by atoms with van der Waals surface area (Å²) in [5, 5.41) is 8.87. The van der Waals surface area contributed by atoms with E-state index in [-0.39, 0.29) is 6.42 Å². The zero-order chi connectivity index (χ0) is 11.9. The topological polar surface area (TPSA) is 37.3 Å². The first-order valence-corrected chi connectivity index (χ1v) is 5.20. The highest BCUT2D eigenvalue weighted by atomic mass is 35.5. The van der Waals surface area contributed by atoms with Gasteiger partial charge in [0.05, 0.1) is 5.92 Å². The summed E-state index contributed by atoms with van der Waals surface area (Å²) >= 11 is 5.73. The first kappa shape index (κ1) is 11.3. The van der Waals surface area contributed by atoms with Crippen LogP contribution in [0.2, 0.25) is 5.02 Å². The summed E-state index contributed by atoms with van der Waals surface area (Å²) in [6.45, 7) is 0. The van der Waals surface area contributed by atoms with Crippen molar-refractivity contribution in [3.05, 3.63) is 34.3 Å². The van der Waals surface area contributed by atoms with Gasteiger partial charge in [0.1, 0.15) is 0 Å². The van der Waals surface area contributed by atoms with Gasteiger partial charge in [0.25, 0.3) is 0 Å². The number of carboxylic acid groups (broad SMARTS) is 1. The fourth-order valence-corrected chi connectivity index (χ4v) is 2.28. The first-order chi connectivity index (χ1) is 7.43. The van der Waals surface area contributed by atoms with Crippen molar-refractivity contribution in [1.82, 2.24) is 0 Å². The van der Waals surface area contributed by atoms with Gasteiger partial charge in [-0.2, -0.15) is 8.78 Å². The van der Waals surface area contributed by atoms with E-state index in [4.69, 9.17) is 16.7 Å². The molecule has 1 aliphatic rings. The molecule has 86 valence electrons. The third-order valence-corrected chi connectivity index (χ3v) is 3.14. The standard InChI is InChI=1S/C11H9ClF2O2/c12-7-3-1-6-2-4-9(8(6)5-7)11(13,14)10(15)16/h1,3,5,9H,2,4H2,(H,15,16). The molecule has 0 fully saturated rings. The number of halogens is 3. The van der Waals surface area contributed by atoms with E-state index in [1.165, 1.54) is 6.07 Å². The van der Waals surface area contributed by atoms with Crippen LogP contribution in [0.1, 0.15) is 23.5 Å². The Morgan fingerprint density at radius 3 is 2.81 bits per heavy atom. The third-order valence-electron chi connectivity index (χ3n) is 2.91. The lowest BCUT2D eigenvalue weighted by Gasteiger charge is -2.19. The molecule has 0 saturated carbocycles. The number of rotatable bonds is 2. The SMILES string of the molecule is O=C(O)C(F)(F)C1CCc2ccc(Cl)cc21. The van der Waals surface area contributed by atoms with E-state index in [0.717, 1.165) is 5.56 Å². The lowest BCUT2D eigenvalue weighted by atomic mass is 9.94. The van der Waals surface area contributed by atoms with E-state index in [2.05, 4.69) is 0 Å². The van der Waals surface area contributed by atoms with Gasteiger partial charge < -0.3 is 5.11 Å². The van der Waals surface area contributed by atoms with Crippen molar-refractivity contribution in [1.29, 1.82) is 0 Å². The van der Waals surface area contributed by atoms with Crippen LogP contribution in [0.3, 0.4) is 0 Å². The predicted molar refractivity (Wildman–Crippen MR) is 55.1 cm³/mol. The number of benzene rings is 1. The highest BCUT2D eigenvalue weighted by Gasteiger charge is 2.50. The lowest BCUT2D eigenvalue weighted by molar-refractivity contribution is -0.168. The van der Waals surface area contributed by atoms with E-state index >= 15 is 0 Å². The number of carbonyl (C=O) groups is 1. The zero-order valence-electron chi connectivity index (χ0n) is 8.21. The Hall–Kier alpha value is -1.16. The average molecular weight is 247 g/mol. The van der Waals surface area contributed by atoms with Crippen molar-refractivity contribution >= 4 is 17.6 Å². The highest BCUT2D eigenvalue weighted by Crippen LogP contribution is 2.44. The van der Waals surface area contributed by atoms with Crippen molar-refractivity contribution in [2.45, 2.75) is 24.7 Å². The van der Waals surface area contributed by atoms with Crippen LogP contribution in [0.4, 0.5) is 8.78 Å². The van der Waals surface area contributed by atoms with Gasteiger partial charge in [-0.25, -0.2) is 4.79 Å². The lowest BCUT2D eigenvalue weighted by Crippen LogP contribution is -2.34. The molecule has 0 saturated heterocycles. The van der Waals surface area contributed by atoms with Gasteiger partial charge in [-0.1, -0.05) is 17.7 Å². The molecule has 1 unspecified atom stereocenters. The number of aliphatic carboxylic acids is 1. The summed E-state index contributed by atoms with van der Waals surface area (Å²) < 4.78 is 26.8. The maximum absolute atomic E-state index is 13.4. The van der Waals surface area contributed by atoms with Gasteiger partial charge in [-0.15, -0.1) is 0 Å². The Morgan fingerprint density at radius 2 is 2.19 bits per heavy atom. The molecule has 2 rings (SSSR count). The second-order valence-electron chi connectivity index (χ2n) is 3.86. The number of alkyl halides is 2. The molecule has 16 heavy (non-hydrogen) atoms. The van der Waals surface area contributed by atoms with Crippen LogP contribution in [0.5, 0.6) is 0 Å². The molecule has 0 bridgehead atoms. The number of fused-ring (bicyclic) bond motifs is 1. The Labute approximate surface area is 95.8 Å². The van der Waals surface area contributed by atoms with E-state index < -0.39 is 17.8 Å². The van der Waals surface area contributed by atoms with Crippen LogP contribution in [0.25, 0.3) is 0 Å². The fourth-order valence-electron chi connectivity index (χ4n) is 2.10. The summed E-state index contributed by atoms with van der Waals surface area (Å²) in [6.07, 6.45) is 0.620. The summed E-state index contributed by atoms with van der Waals surface area (Å²) in [7, 11) is 0. The molecular weight excluding hydrogens is 238 g/mol. The van der Waals surface area contributed by atoms with Crippen molar-refractivity contribution < 1.29 is 18.7 Å². The highest BCUT2D eigenvalue weighted by molar-refractivity contribution is 6.30. The molecule has 0 spiro atoms. The Morgan fingerprint density at radius 1 is 1.50 bits per heavy atom. The molecule has 1 aliphatic carbocycles. The molecular formula is C11H9ClF2O2. The second-order valence-corrected chi connectivity index (χ2v) is 4.30.